The van der Waals surface area contributed by atoms with Crippen molar-refractivity contribution in [1.29, 1.82) is 0 Å². The van der Waals surface area contributed by atoms with Gasteiger partial charge in [0, 0.05) is 40.1 Å². The van der Waals surface area contributed by atoms with Crippen LogP contribution in [0.4, 0.5) is 5.69 Å². The first-order valence-corrected chi connectivity index (χ1v) is 7.43. The molecule has 0 aliphatic carbocycles. The fourth-order valence-corrected chi connectivity index (χ4v) is 2.35. The summed E-state index contributed by atoms with van der Waals surface area (Å²) in [6, 6.07) is 5.86. The van der Waals surface area contributed by atoms with E-state index in [9.17, 15) is 4.21 Å². The third kappa shape index (κ3) is 4.44. The smallest absolute Gasteiger partial charge is 0.104 e. The number of benzene rings is 1. The summed E-state index contributed by atoms with van der Waals surface area (Å²) in [5.74, 6) is 1.38. The van der Waals surface area contributed by atoms with E-state index in [1.54, 1.807) is 0 Å². The van der Waals surface area contributed by atoms with Gasteiger partial charge in [-0.05, 0) is 30.7 Å². The summed E-state index contributed by atoms with van der Waals surface area (Å²) >= 11 is 4.95. The highest BCUT2D eigenvalue weighted by molar-refractivity contribution is 7.84. The minimum absolute atomic E-state index is 0.418. The Morgan fingerprint density at radius 3 is 2.76 bits per heavy atom. The number of hydrogen-bond acceptors (Lipinski definition) is 3. The third-order valence-electron chi connectivity index (χ3n) is 2.47. The van der Waals surface area contributed by atoms with Gasteiger partial charge in [0.2, 0.25) is 0 Å². The molecule has 0 spiro atoms. The monoisotopic (exact) mass is 270 g/mol. The molecule has 0 aromatic heterocycles. The van der Waals surface area contributed by atoms with Crippen LogP contribution in [-0.4, -0.2) is 27.2 Å². The number of hydrogen-bond donors (Lipinski definition) is 2. The Hall–Kier alpha value is -0.940. The van der Waals surface area contributed by atoms with Crippen LogP contribution in [0.15, 0.2) is 18.2 Å². The highest BCUT2D eigenvalue weighted by Gasteiger charge is 2.02. The molecule has 0 amide bonds. The Labute approximate surface area is 110 Å². The lowest BCUT2D eigenvalue weighted by atomic mass is 10.1. The van der Waals surface area contributed by atoms with Gasteiger partial charge < -0.3 is 11.1 Å². The van der Waals surface area contributed by atoms with Crippen LogP contribution < -0.4 is 11.1 Å². The second-order valence-electron chi connectivity index (χ2n) is 3.75. The summed E-state index contributed by atoms with van der Waals surface area (Å²) in [7, 11) is -0.721. The highest BCUT2D eigenvalue weighted by atomic mass is 32.2. The Bertz CT molecular complexity index is 433. The molecular weight excluding hydrogens is 252 g/mol. The maximum absolute atomic E-state index is 11.2. The summed E-state index contributed by atoms with van der Waals surface area (Å²) in [6.45, 7) is 4.62. The minimum Gasteiger partial charge on any atom is -0.389 e. The maximum Gasteiger partial charge on any atom is 0.104 e. The molecule has 17 heavy (non-hydrogen) atoms. The second-order valence-corrected chi connectivity index (χ2v) is 6.06. The van der Waals surface area contributed by atoms with Gasteiger partial charge in [0.05, 0.1) is 0 Å². The normalized spacial score (nSPS) is 12.1. The second kappa shape index (κ2) is 6.71. The first-order valence-electron chi connectivity index (χ1n) is 5.54. The molecule has 1 aromatic carbocycles. The van der Waals surface area contributed by atoms with Crippen LogP contribution in [0.5, 0.6) is 0 Å². The van der Waals surface area contributed by atoms with Crippen LogP contribution >= 0.6 is 12.2 Å². The van der Waals surface area contributed by atoms with E-state index in [1.807, 2.05) is 32.0 Å². The third-order valence-corrected chi connectivity index (χ3v) is 4.00. The van der Waals surface area contributed by atoms with Crippen molar-refractivity contribution in [1.82, 2.24) is 0 Å². The van der Waals surface area contributed by atoms with Crippen LogP contribution in [0.2, 0.25) is 0 Å². The number of nitrogens with one attached hydrogen (secondary N) is 1. The van der Waals surface area contributed by atoms with E-state index in [1.165, 1.54) is 0 Å². The molecule has 3 nitrogen and oxygen atoms in total. The van der Waals surface area contributed by atoms with E-state index < -0.39 is 10.8 Å². The van der Waals surface area contributed by atoms with Crippen LogP contribution in [0, 0.1) is 6.92 Å². The molecule has 1 aromatic rings. The van der Waals surface area contributed by atoms with Gasteiger partial charge in [-0.15, -0.1) is 0 Å². The summed E-state index contributed by atoms with van der Waals surface area (Å²) in [6.07, 6.45) is 0. The van der Waals surface area contributed by atoms with E-state index in [0.717, 1.165) is 16.8 Å². The molecule has 3 N–H and O–H groups in total. The van der Waals surface area contributed by atoms with Crippen molar-refractivity contribution in [2.24, 2.45) is 5.73 Å². The first-order chi connectivity index (χ1) is 8.04. The standard InChI is InChI=1S/C12H18N2OS2/c1-3-17(15)7-6-14-10-4-5-11(12(13)16)9(2)8-10/h4-5,8,14H,3,6-7H2,1-2H3,(H2,13,16). The summed E-state index contributed by atoms with van der Waals surface area (Å²) in [5.41, 5.74) is 8.56. The molecule has 1 atom stereocenters. The van der Waals surface area contributed by atoms with Crippen molar-refractivity contribution < 1.29 is 4.21 Å². The van der Waals surface area contributed by atoms with Crippen molar-refractivity contribution in [3.8, 4) is 0 Å². The molecule has 94 valence electrons. The minimum atomic E-state index is -0.721. The number of thiocarbonyl (C=S) groups is 1. The quantitative estimate of drug-likeness (QED) is 0.774. The number of aryl methyl sites for hydroxylation is 1. The SMILES string of the molecule is CCS(=O)CCNc1ccc(C(N)=S)c(C)c1. The molecule has 5 heteroatoms. The Morgan fingerprint density at radius 2 is 2.24 bits per heavy atom. The van der Waals surface area contributed by atoms with E-state index in [-0.39, 0.29) is 0 Å². The van der Waals surface area contributed by atoms with Gasteiger partial charge in [-0.1, -0.05) is 19.1 Å². The van der Waals surface area contributed by atoms with Crippen molar-refractivity contribution in [3.05, 3.63) is 29.3 Å². The van der Waals surface area contributed by atoms with E-state index >= 15 is 0 Å². The lowest BCUT2D eigenvalue weighted by molar-refractivity contribution is 0.684. The van der Waals surface area contributed by atoms with Crippen molar-refractivity contribution >= 4 is 33.7 Å². The van der Waals surface area contributed by atoms with Crippen molar-refractivity contribution in [2.75, 3.05) is 23.4 Å². The van der Waals surface area contributed by atoms with Gasteiger partial charge in [0.25, 0.3) is 0 Å². The fraction of sp³-hybridized carbons (Fsp3) is 0.417. The van der Waals surface area contributed by atoms with Gasteiger partial charge in [-0.25, -0.2) is 0 Å². The molecule has 0 heterocycles. The lowest BCUT2D eigenvalue weighted by Crippen LogP contribution is -2.13. The molecule has 0 aliphatic rings. The molecule has 1 rings (SSSR count). The molecule has 0 saturated heterocycles. The van der Waals surface area contributed by atoms with Crippen LogP contribution in [0.1, 0.15) is 18.1 Å². The van der Waals surface area contributed by atoms with Gasteiger partial charge in [-0.3, -0.25) is 4.21 Å². The van der Waals surface area contributed by atoms with Crippen molar-refractivity contribution in [3.63, 3.8) is 0 Å². The van der Waals surface area contributed by atoms with Gasteiger partial charge >= 0.3 is 0 Å². The molecule has 1 unspecified atom stereocenters. The molecular formula is C12H18N2OS2. The highest BCUT2D eigenvalue weighted by Crippen LogP contribution is 2.14. The maximum atomic E-state index is 11.2. The lowest BCUT2D eigenvalue weighted by Gasteiger charge is -2.09. The number of rotatable bonds is 6. The molecule has 0 fully saturated rings. The average Bonchev–Trinajstić information content (AvgIpc) is 2.28. The largest absolute Gasteiger partial charge is 0.389 e. The zero-order chi connectivity index (χ0) is 12.8. The number of nitrogens with two attached hydrogens (primary N) is 1. The van der Waals surface area contributed by atoms with Crippen LogP contribution in [0.25, 0.3) is 0 Å². The van der Waals surface area contributed by atoms with E-state index in [4.69, 9.17) is 18.0 Å². The van der Waals surface area contributed by atoms with Gasteiger partial charge in [0.15, 0.2) is 0 Å². The number of anilines is 1. The van der Waals surface area contributed by atoms with Gasteiger partial charge in [0.1, 0.15) is 4.99 Å². The first kappa shape index (κ1) is 14.1. The Kier molecular flexibility index (Phi) is 5.58. The zero-order valence-electron chi connectivity index (χ0n) is 10.2. The average molecular weight is 270 g/mol. The van der Waals surface area contributed by atoms with Crippen molar-refractivity contribution in [2.45, 2.75) is 13.8 Å². The van der Waals surface area contributed by atoms with E-state index in [0.29, 0.717) is 23.0 Å². The summed E-state index contributed by atoms with van der Waals surface area (Å²) < 4.78 is 11.2. The fourth-order valence-electron chi connectivity index (χ4n) is 1.50. The van der Waals surface area contributed by atoms with Crippen LogP contribution in [-0.2, 0) is 10.8 Å². The Balaban J connectivity index is 2.59. The predicted octanol–water partition coefficient (Wildman–Crippen LogP) is 1.81. The molecule has 0 bridgehead atoms. The van der Waals surface area contributed by atoms with Crippen LogP contribution in [0.3, 0.4) is 0 Å². The summed E-state index contributed by atoms with van der Waals surface area (Å²) in [5, 5.41) is 3.24. The molecule has 0 radical (unpaired) electrons. The van der Waals surface area contributed by atoms with Gasteiger partial charge in [-0.2, -0.15) is 0 Å². The summed E-state index contributed by atoms with van der Waals surface area (Å²) in [4.78, 5) is 0.418. The molecule has 0 aliphatic heterocycles. The van der Waals surface area contributed by atoms with E-state index in [2.05, 4.69) is 5.32 Å². The molecule has 0 saturated carbocycles. The topological polar surface area (TPSA) is 55.1 Å². The Morgan fingerprint density at radius 1 is 1.53 bits per heavy atom. The predicted molar refractivity (Wildman–Crippen MR) is 79.1 cm³/mol. The zero-order valence-corrected chi connectivity index (χ0v) is 11.8.